The van der Waals surface area contributed by atoms with E-state index in [0.29, 0.717) is 6.04 Å². The van der Waals surface area contributed by atoms with E-state index in [9.17, 15) is 4.79 Å². The highest BCUT2D eigenvalue weighted by atomic mass is 35.5. The minimum absolute atomic E-state index is 0. The van der Waals surface area contributed by atoms with Crippen molar-refractivity contribution in [3.05, 3.63) is 0 Å². The summed E-state index contributed by atoms with van der Waals surface area (Å²) >= 11 is 0. The molecule has 0 aliphatic carbocycles. The van der Waals surface area contributed by atoms with Crippen LogP contribution in [0.4, 0.5) is 0 Å². The highest BCUT2D eigenvalue weighted by Crippen LogP contribution is 2.06. The first-order valence-electron chi connectivity index (χ1n) is 5.61. The van der Waals surface area contributed by atoms with Gasteiger partial charge in [0.25, 0.3) is 0 Å². The molecule has 2 atom stereocenters. The molecule has 15 heavy (non-hydrogen) atoms. The quantitative estimate of drug-likeness (QED) is 0.645. The summed E-state index contributed by atoms with van der Waals surface area (Å²) < 4.78 is 0. The summed E-state index contributed by atoms with van der Waals surface area (Å²) in [6.45, 7) is 2.87. The van der Waals surface area contributed by atoms with Gasteiger partial charge in [-0.1, -0.05) is 0 Å². The third kappa shape index (κ3) is 3.63. The third-order valence-electron chi connectivity index (χ3n) is 3.06. The van der Waals surface area contributed by atoms with E-state index in [-0.39, 0.29) is 24.4 Å². The topological polar surface area (TPSA) is 53.2 Å². The number of hydrogen-bond acceptors (Lipinski definition) is 3. The number of hydrogen-bond donors (Lipinski definition) is 3. The monoisotopic (exact) mass is 233 g/mol. The number of rotatable bonds is 3. The average molecular weight is 234 g/mol. The first kappa shape index (κ1) is 12.7. The van der Waals surface area contributed by atoms with Crippen molar-refractivity contribution < 1.29 is 4.79 Å². The van der Waals surface area contributed by atoms with Crippen molar-refractivity contribution in [1.82, 2.24) is 16.0 Å². The summed E-state index contributed by atoms with van der Waals surface area (Å²) in [6.07, 6.45) is 4.55. The predicted octanol–water partition coefficient (Wildman–Crippen LogP) is 0.0284. The van der Waals surface area contributed by atoms with Gasteiger partial charge in [0.1, 0.15) is 0 Å². The molecule has 0 aromatic rings. The highest BCUT2D eigenvalue weighted by molar-refractivity contribution is 5.85. The smallest absolute Gasteiger partial charge is 0.237 e. The average Bonchev–Trinajstić information content (AvgIpc) is 2.87. The molecular formula is C10H20ClN3O. The summed E-state index contributed by atoms with van der Waals surface area (Å²) in [5.74, 6) is 0.177. The van der Waals surface area contributed by atoms with E-state index in [2.05, 4.69) is 16.0 Å². The first-order valence-corrected chi connectivity index (χ1v) is 5.61. The van der Waals surface area contributed by atoms with Crippen LogP contribution in [0.1, 0.15) is 25.7 Å². The van der Waals surface area contributed by atoms with E-state index in [1.54, 1.807) is 0 Å². The fourth-order valence-electron chi connectivity index (χ4n) is 2.19. The molecule has 0 bridgehead atoms. The summed E-state index contributed by atoms with van der Waals surface area (Å²) in [4.78, 5) is 11.6. The van der Waals surface area contributed by atoms with Crippen molar-refractivity contribution in [3.8, 4) is 0 Å². The van der Waals surface area contributed by atoms with Crippen molar-refractivity contribution >= 4 is 18.3 Å². The van der Waals surface area contributed by atoms with E-state index in [0.717, 1.165) is 32.5 Å². The lowest BCUT2D eigenvalue weighted by atomic mass is 10.2. The zero-order valence-electron chi connectivity index (χ0n) is 8.92. The maximum Gasteiger partial charge on any atom is 0.237 e. The fraction of sp³-hybridized carbons (Fsp3) is 0.900. The van der Waals surface area contributed by atoms with E-state index in [1.165, 1.54) is 12.8 Å². The molecule has 88 valence electrons. The molecule has 3 N–H and O–H groups in total. The molecule has 0 aromatic heterocycles. The van der Waals surface area contributed by atoms with E-state index in [4.69, 9.17) is 0 Å². The number of carbonyl (C=O) groups is 1. The Hall–Kier alpha value is -0.320. The van der Waals surface area contributed by atoms with Gasteiger partial charge in [0.05, 0.1) is 6.04 Å². The molecule has 0 aromatic carbocycles. The van der Waals surface area contributed by atoms with Gasteiger partial charge in [0.2, 0.25) is 5.91 Å². The Morgan fingerprint density at radius 3 is 2.53 bits per heavy atom. The standard InChI is InChI=1S/C10H19N3O.ClH/c14-10(9-4-2-6-12-9)13-7-8-3-1-5-11-8;/h8-9,11-12H,1-7H2,(H,13,14);1H/t8?,9-;/m0./s1. The lowest BCUT2D eigenvalue weighted by molar-refractivity contribution is -0.122. The van der Waals surface area contributed by atoms with Crippen LogP contribution in [0.5, 0.6) is 0 Å². The minimum Gasteiger partial charge on any atom is -0.353 e. The molecule has 2 fully saturated rings. The molecule has 1 unspecified atom stereocenters. The van der Waals surface area contributed by atoms with Gasteiger partial charge in [-0.05, 0) is 38.8 Å². The van der Waals surface area contributed by atoms with Gasteiger partial charge in [-0.2, -0.15) is 0 Å². The van der Waals surface area contributed by atoms with Crippen molar-refractivity contribution in [2.45, 2.75) is 37.8 Å². The fourth-order valence-corrected chi connectivity index (χ4v) is 2.19. The normalized spacial score (nSPS) is 29.9. The largest absolute Gasteiger partial charge is 0.353 e. The molecule has 2 rings (SSSR count). The summed E-state index contributed by atoms with van der Waals surface area (Å²) in [5.41, 5.74) is 0. The number of carbonyl (C=O) groups excluding carboxylic acids is 1. The van der Waals surface area contributed by atoms with Crippen LogP contribution in [0.25, 0.3) is 0 Å². The van der Waals surface area contributed by atoms with Crippen molar-refractivity contribution in [2.75, 3.05) is 19.6 Å². The maximum atomic E-state index is 11.6. The van der Waals surface area contributed by atoms with Crippen LogP contribution in [0.2, 0.25) is 0 Å². The first-order chi connectivity index (χ1) is 6.86. The van der Waals surface area contributed by atoms with Gasteiger partial charge >= 0.3 is 0 Å². The molecule has 2 saturated heterocycles. The molecule has 2 aliphatic rings. The Morgan fingerprint density at radius 2 is 1.93 bits per heavy atom. The van der Waals surface area contributed by atoms with Crippen molar-refractivity contribution in [1.29, 1.82) is 0 Å². The van der Waals surface area contributed by atoms with Gasteiger partial charge < -0.3 is 16.0 Å². The van der Waals surface area contributed by atoms with E-state index < -0.39 is 0 Å². The van der Waals surface area contributed by atoms with Gasteiger partial charge in [-0.15, -0.1) is 12.4 Å². The summed E-state index contributed by atoms with van der Waals surface area (Å²) in [6, 6.07) is 0.566. The molecule has 4 nitrogen and oxygen atoms in total. The van der Waals surface area contributed by atoms with Crippen LogP contribution < -0.4 is 16.0 Å². The molecular weight excluding hydrogens is 214 g/mol. The van der Waals surface area contributed by atoms with Crippen molar-refractivity contribution in [2.24, 2.45) is 0 Å². The molecule has 0 saturated carbocycles. The zero-order valence-corrected chi connectivity index (χ0v) is 9.74. The Bertz CT molecular complexity index is 201. The Morgan fingerprint density at radius 1 is 1.20 bits per heavy atom. The van der Waals surface area contributed by atoms with E-state index >= 15 is 0 Å². The molecule has 2 heterocycles. The Balaban J connectivity index is 0.00000112. The Kier molecular flexibility index (Phi) is 5.36. The summed E-state index contributed by atoms with van der Waals surface area (Å²) in [7, 11) is 0. The van der Waals surface area contributed by atoms with Crippen molar-refractivity contribution in [3.63, 3.8) is 0 Å². The molecule has 1 amide bonds. The molecule has 5 heteroatoms. The highest BCUT2D eigenvalue weighted by Gasteiger charge is 2.22. The lowest BCUT2D eigenvalue weighted by Crippen LogP contribution is -2.45. The van der Waals surface area contributed by atoms with Gasteiger partial charge in [-0.3, -0.25) is 4.79 Å². The van der Waals surface area contributed by atoms with Crippen LogP contribution >= 0.6 is 12.4 Å². The number of halogens is 1. The zero-order chi connectivity index (χ0) is 9.80. The molecule has 2 aliphatic heterocycles. The van der Waals surface area contributed by atoms with Gasteiger partial charge in [0, 0.05) is 12.6 Å². The van der Waals surface area contributed by atoms with Crippen LogP contribution in [-0.2, 0) is 4.79 Å². The third-order valence-corrected chi connectivity index (χ3v) is 3.06. The second-order valence-corrected chi connectivity index (χ2v) is 4.19. The second-order valence-electron chi connectivity index (χ2n) is 4.19. The van der Waals surface area contributed by atoms with Gasteiger partial charge in [-0.25, -0.2) is 0 Å². The predicted molar refractivity (Wildman–Crippen MR) is 62.3 cm³/mol. The summed E-state index contributed by atoms with van der Waals surface area (Å²) in [5, 5.41) is 9.57. The van der Waals surface area contributed by atoms with Gasteiger partial charge in [0.15, 0.2) is 0 Å². The van der Waals surface area contributed by atoms with Crippen LogP contribution in [-0.4, -0.2) is 37.6 Å². The maximum absolute atomic E-state index is 11.6. The Labute approximate surface area is 97.0 Å². The number of nitrogens with one attached hydrogen (secondary N) is 3. The van der Waals surface area contributed by atoms with E-state index in [1.807, 2.05) is 0 Å². The second kappa shape index (κ2) is 6.30. The molecule has 0 radical (unpaired) electrons. The SMILES string of the molecule is Cl.O=C(NCC1CCCN1)[C@@H]1CCCN1. The van der Waals surface area contributed by atoms with Crippen LogP contribution in [0.3, 0.4) is 0 Å². The van der Waals surface area contributed by atoms with Crippen LogP contribution in [0.15, 0.2) is 0 Å². The minimum atomic E-state index is 0. The number of amides is 1. The van der Waals surface area contributed by atoms with Crippen LogP contribution in [0, 0.1) is 0 Å². The molecule has 0 spiro atoms. The lowest BCUT2D eigenvalue weighted by Gasteiger charge is -2.14.